The molecule has 1 saturated heterocycles. The molecule has 10 nitrogen and oxygen atoms in total. The Bertz CT molecular complexity index is 1500. The van der Waals surface area contributed by atoms with Crippen molar-refractivity contribution in [2.45, 2.75) is 43.1 Å². The van der Waals surface area contributed by atoms with Crippen LogP contribution in [-0.4, -0.2) is 72.9 Å². The van der Waals surface area contributed by atoms with E-state index >= 15 is 4.39 Å². The van der Waals surface area contributed by atoms with Crippen molar-refractivity contribution in [1.82, 2.24) is 9.58 Å². The Kier molecular flexibility index (Phi) is 7.05. The third kappa shape index (κ3) is 4.75. The first kappa shape index (κ1) is 26.5. The van der Waals surface area contributed by atoms with Crippen LogP contribution < -0.4 is 15.6 Å². The van der Waals surface area contributed by atoms with Gasteiger partial charge in [0.1, 0.15) is 12.3 Å². The number of hydrogen-bond donors (Lipinski definition) is 1. The lowest BCUT2D eigenvalue weighted by Crippen LogP contribution is -2.61. The molecule has 4 aliphatic rings. The zero-order valence-electron chi connectivity index (χ0n) is 22.0. The summed E-state index contributed by atoms with van der Waals surface area (Å²) in [6.07, 6.45) is -0.600. The number of hydrogen-bond acceptors (Lipinski definition) is 9. The monoisotopic (exact) mass is 569 g/mol. The van der Waals surface area contributed by atoms with E-state index in [0.717, 1.165) is 28.7 Å². The van der Waals surface area contributed by atoms with Crippen LogP contribution in [0.1, 0.15) is 35.1 Å². The summed E-state index contributed by atoms with van der Waals surface area (Å²) < 4.78 is 37.3. The van der Waals surface area contributed by atoms with Crippen molar-refractivity contribution in [1.29, 1.82) is 0 Å². The lowest BCUT2D eigenvalue weighted by molar-refractivity contribution is -0.0440. The highest BCUT2D eigenvalue weighted by Crippen LogP contribution is 2.42. The van der Waals surface area contributed by atoms with E-state index in [1.54, 1.807) is 16.7 Å². The number of halogens is 1. The second-order valence-electron chi connectivity index (χ2n) is 9.97. The maximum Gasteiger partial charge on any atom is 0.510 e. The molecule has 3 aliphatic heterocycles. The van der Waals surface area contributed by atoms with Gasteiger partial charge in [0.25, 0.3) is 5.91 Å². The molecule has 1 amide bonds. The second-order valence-corrected chi connectivity index (χ2v) is 11.0. The Morgan fingerprint density at radius 1 is 1.27 bits per heavy atom. The number of benzene rings is 1. The lowest BCUT2D eigenvalue weighted by Gasteiger charge is -2.44. The van der Waals surface area contributed by atoms with E-state index in [4.69, 9.17) is 14.2 Å². The number of nitrogens with zero attached hydrogens (tertiary/aromatic N) is 2. The van der Waals surface area contributed by atoms with E-state index in [1.165, 1.54) is 16.8 Å². The summed E-state index contributed by atoms with van der Waals surface area (Å²) in [6, 6.07) is 9.40. The number of carbonyl (C=O) groups is 2. The van der Waals surface area contributed by atoms with Gasteiger partial charge >= 0.3 is 6.16 Å². The fourth-order valence-corrected chi connectivity index (χ4v) is 6.64. The maximum absolute atomic E-state index is 15.2. The number of methoxy groups -OCH3 is 1. The van der Waals surface area contributed by atoms with E-state index in [9.17, 15) is 14.4 Å². The molecule has 6 rings (SSSR count). The highest BCUT2D eigenvalue weighted by atomic mass is 32.2. The van der Waals surface area contributed by atoms with Gasteiger partial charge in [-0.2, -0.15) is 0 Å². The Balaban J connectivity index is 1.48. The number of allylic oxidation sites excluding steroid dienone is 3. The number of carbonyl (C=O) groups excluding carboxylic acids is 2. The lowest BCUT2D eigenvalue weighted by atomic mass is 9.85. The minimum Gasteiger partial charge on any atom is -0.451 e. The second kappa shape index (κ2) is 10.7. The molecule has 0 spiro atoms. The van der Waals surface area contributed by atoms with Gasteiger partial charge in [-0.3, -0.25) is 9.59 Å². The van der Waals surface area contributed by atoms with Gasteiger partial charge < -0.3 is 29.3 Å². The highest BCUT2D eigenvalue weighted by molar-refractivity contribution is 7.99. The summed E-state index contributed by atoms with van der Waals surface area (Å²) >= 11 is 1.67. The van der Waals surface area contributed by atoms with Crippen molar-refractivity contribution in [3.63, 3.8) is 0 Å². The van der Waals surface area contributed by atoms with Gasteiger partial charge in [0.15, 0.2) is 5.69 Å². The maximum atomic E-state index is 15.2. The third-order valence-electron chi connectivity index (χ3n) is 7.39. The normalized spacial score (nSPS) is 23.5. The number of pyridine rings is 1. The number of fused-ring (bicyclic) bond motifs is 3. The van der Waals surface area contributed by atoms with Crippen LogP contribution in [0.3, 0.4) is 0 Å². The number of morpholine rings is 1. The number of ether oxygens (including phenoxy) is 4. The molecule has 1 fully saturated rings. The van der Waals surface area contributed by atoms with Crippen LogP contribution >= 0.6 is 11.8 Å². The number of alkyl halides is 1. The predicted molar refractivity (Wildman–Crippen MR) is 145 cm³/mol. The molecule has 0 radical (unpaired) electrons. The van der Waals surface area contributed by atoms with Gasteiger partial charge in [-0.05, 0) is 36.6 Å². The van der Waals surface area contributed by atoms with Crippen molar-refractivity contribution in [3.05, 3.63) is 74.7 Å². The SMILES string of the molecule is COC(=O)OCOc1c2n(c(C3=CC(F)CC4=C3Cc3ccccc3SC4)cc1=O)N[C@@H]1CO[C@@H](C)CN1C2=O. The van der Waals surface area contributed by atoms with Gasteiger partial charge in [0.05, 0.1) is 25.5 Å². The summed E-state index contributed by atoms with van der Waals surface area (Å²) in [5.41, 5.74) is 6.57. The molecule has 1 aromatic heterocycles. The molecule has 12 heteroatoms. The minimum absolute atomic E-state index is 0.0613. The van der Waals surface area contributed by atoms with Gasteiger partial charge in [-0.1, -0.05) is 23.8 Å². The smallest absolute Gasteiger partial charge is 0.451 e. The predicted octanol–water partition coefficient (Wildman–Crippen LogP) is 3.48. The van der Waals surface area contributed by atoms with Crippen LogP contribution in [-0.2, 0) is 20.6 Å². The molecule has 40 heavy (non-hydrogen) atoms. The minimum atomic E-state index is -1.25. The average Bonchev–Trinajstić information content (AvgIpc) is 3.13. The molecule has 1 aliphatic carbocycles. The van der Waals surface area contributed by atoms with Crippen molar-refractivity contribution in [2.24, 2.45) is 0 Å². The molecule has 4 heterocycles. The Morgan fingerprint density at radius 2 is 2.10 bits per heavy atom. The van der Waals surface area contributed by atoms with Gasteiger partial charge in [0, 0.05) is 35.3 Å². The molecule has 0 saturated carbocycles. The van der Waals surface area contributed by atoms with Crippen molar-refractivity contribution >= 4 is 29.4 Å². The molecular weight excluding hydrogens is 541 g/mol. The molecule has 1 N–H and O–H groups in total. The topological polar surface area (TPSA) is 108 Å². The van der Waals surface area contributed by atoms with Crippen molar-refractivity contribution in [3.8, 4) is 5.75 Å². The Morgan fingerprint density at radius 3 is 2.92 bits per heavy atom. The van der Waals surface area contributed by atoms with E-state index in [2.05, 4.69) is 22.3 Å². The number of rotatable bonds is 4. The van der Waals surface area contributed by atoms with Gasteiger partial charge in [-0.15, -0.1) is 11.8 Å². The van der Waals surface area contributed by atoms with Crippen LogP contribution in [0.15, 0.2) is 57.2 Å². The van der Waals surface area contributed by atoms with Crippen molar-refractivity contribution in [2.75, 3.05) is 38.2 Å². The summed E-state index contributed by atoms with van der Waals surface area (Å²) in [6.45, 7) is 1.74. The van der Waals surface area contributed by atoms with E-state index < -0.39 is 36.6 Å². The zero-order chi connectivity index (χ0) is 28.0. The number of thioether (sulfide) groups is 1. The highest BCUT2D eigenvalue weighted by Gasteiger charge is 2.41. The molecular formula is C28H28FN3O7S. The summed E-state index contributed by atoms with van der Waals surface area (Å²) in [4.78, 5) is 41.5. The first-order chi connectivity index (χ1) is 19.3. The van der Waals surface area contributed by atoms with Crippen LogP contribution in [0, 0.1) is 0 Å². The first-order valence-electron chi connectivity index (χ1n) is 12.9. The van der Waals surface area contributed by atoms with Crippen molar-refractivity contribution < 1.29 is 32.9 Å². The zero-order valence-corrected chi connectivity index (χ0v) is 22.8. The van der Waals surface area contributed by atoms with Crippen LogP contribution in [0.5, 0.6) is 5.75 Å². The summed E-state index contributed by atoms with van der Waals surface area (Å²) in [5.74, 6) is -0.108. The van der Waals surface area contributed by atoms with Gasteiger partial charge in [0.2, 0.25) is 18.0 Å². The van der Waals surface area contributed by atoms with E-state index in [0.29, 0.717) is 30.0 Å². The quantitative estimate of drug-likeness (QED) is 0.437. The summed E-state index contributed by atoms with van der Waals surface area (Å²) in [5, 5.41) is 0. The fraction of sp³-hybridized carbons (Fsp3) is 0.393. The number of aromatic nitrogens is 1. The molecule has 0 bridgehead atoms. The Hall–Kier alpha value is -3.77. The average molecular weight is 570 g/mol. The van der Waals surface area contributed by atoms with Crippen LogP contribution in [0.2, 0.25) is 0 Å². The summed E-state index contributed by atoms with van der Waals surface area (Å²) in [7, 11) is 1.14. The van der Waals surface area contributed by atoms with E-state index in [-0.39, 0.29) is 30.6 Å². The largest absolute Gasteiger partial charge is 0.510 e. The van der Waals surface area contributed by atoms with Gasteiger partial charge in [-0.25, -0.2) is 13.9 Å². The number of amides is 1. The number of nitrogens with one attached hydrogen (secondary N) is 1. The molecule has 210 valence electrons. The fourth-order valence-electron chi connectivity index (χ4n) is 5.51. The standard InChI is InChI=1S/C28H28FN3O7S/c1-15-11-31-24(12-37-15)30-32-21(10-22(33)26(25(32)27(31)34)38-14-39-28(35)36-2)20-9-18(29)7-17-13-40-23-6-4-3-5-16(23)8-19(17)20/h3-6,9-10,15,18,24,30H,7-8,11-14H2,1-2H3/t15-,18?,24-/m0/s1. The van der Waals surface area contributed by atoms with E-state index in [1.807, 2.05) is 19.1 Å². The Labute approximate surface area is 233 Å². The molecule has 2 aromatic rings. The first-order valence-corrected chi connectivity index (χ1v) is 13.9. The molecule has 3 atom stereocenters. The van der Waals surface area contributed by atoms with Crippen LogP contribution in [0.4, 0.5) is 9.18 Å². The van der Waals surface area contributed by atoms with Crippen LogP contribution in [0.25, 0.3) is 5.57 Å². The third-order valence-corrected chi connectivity index (χ3v) is 8.59. The molecule has 1 unspecified atom stereocenters. The molecule has 1 aromatic carbocycles.